The average molecular weight is 414 g/mol. The topological polar surface area (TPSA) is 44.8 Å². The highest BCUT2D eigenvalue weighted by Gasteiger charge is 2.69. The highest BCUT2D eigenvalue weighted by molar-refractivity contribution is 5.48. The summed E-state index contributed by atoms with van der Waals surface area (Å²) in [5.41, 5.74) is 4.55. The maximum atomic E-state index is 11.0. The third-order valence-electron chi connectivity index (χ3n) is 8.30. The maximum absolute atomic E-state index is 11.0. The fourth-order valence-electron chi connectivity index (χ4n) is 6.51. The summed E-state index contributed by atoms with van der Waals surface area (Å²) >= 11 is 0. The van der Waals surface area contributed by atoms with Crippen LogP contribution in [0.15, 0.2) is 12.1 Å². The second-order valence-corrected chi connectivity index (χ2v) is 10.1. The second-order valence-electron chi connectivity index (χ2n) is 10.1. The molecule has 2 aliphatic carbocycles. The molecule has 5 atom stereocenters. The van der Waals surface area contributed by atoms with Crippen molar-refractivity contribution in [3.8, 4) is 5.75 Å². The number of rotatable bonds is 10. The van der Waals surface area contributed by atoms with E-state index in [-0.39, 0.29) is 0 Å². The molecule has 0 aromatic heterocycles. The molecule has 1 aliphatic heterocycles. The van der Waals surface area contributed by atoms with Crippen molar-refractivity contribution in [3.63, 3.8) is 0 Å². The van der Waals surface area contributed by atoms with Gasteiger partial charge in [0.2, 0.25) is 6.41 Å². The van der Waals surface area contributed by atoms with Crippen LogP contribution in [0, 0.1) is 19.3 Å². The van der Waals surface area contributed by atoms with Gasteiger partial charge in [0.05, 0.1) is 6.61 Å². The van der Waals surface area contributed by atoms with Crippen LogP contribution in [0.5, 0.6) is 5.75 Å². The lowest BCUT2D eigenvalue weighted by molar-refractivity contribution is -0.206. The van der Waals surface area contributed by atoms with Crippen molar-refractivity contribution in [1.29, 1.82) is 0 Å². The molecule has 2 saturated carbocycles. The van der Waals surface area contributed by atoms with E-state index in [1.807, 2.05) is 0 Å². The summed E-state index contributed by atoms with van der Waals surface area (Å²) in [5, 5.41) is 3.06. The number of nitrogens with zero attached hydrogens (tertiary/aromatic N) is 2. The number of benzene rings is 1. The van der Waals surface area contributed by atoms with Gasteiger partial charge >= 0.3 is 0 Å². The molecule has 3 fully saturated rings. The van der Waals surface area contributed by atoms with Crippen LogP contribution in [-0.4, -0.2) is 61.6 Å². The molecule has 1 spiro atoms. The minimum atomic E-state index is 0.360. The van der Waals surface area contributed by atoms with Crippen molar-refractivity contribution in [3.05, 3.63) is 28.8 Å². The number of carbonyl (C=O) groups is 1. The van der Waals surface area contributed by atoms with Crippen molar-refractivity contribution >= 4 is 6.41 Å². The van der Waals surface area contributed by atoms with Crippen LogP contribution in [0.25, 0.3) is 0 Å². The molecule has 5 nitrogen and oxygen atoms in total. The van der Waals surface area contributed by atoms with E-state index >= 15 is 0 Å². The average Bonchev–Trinajstić information content (AvgIpc) is 3.06. The molecule has 1 aromatic carbocycles. The number of nitrogens with one attached hydrogen (secondary N) is 1. The molecular weight excluding hydrogens is 374 g/mol. The number of carbonyl (C=O) groups excluding carboxylic acids is 1. The highest BCUT2D eigenvalue weighted by Crippen LogP contribution is 2.67. The fourth-order valence-corrected chi connectivity index (χ4v) is 6.51. The Morgan fingerprint density at radius 3 is 2.73 bits per heavy atom. The highest BCUT2D eigenvalue weighted by atomic mass is 16.5. The van der Waals surface area contributed by atoms with Crippen molar-refractivity contribution in [2.24, 2.45) is 5.41 Å². The molecule has 1 aromatic rings. The smallest absolute Gasteiger partial charge is 0.207 e. The quantitative estimate of drug-likeness (QED) is 0.468. The fraction of sp³-hybridized carbons (Fsp3) is 0.720. The van der Waals surface area contributed by atoms with Gasteiger partial charge in [-0.15, -0.1) is 0 Å². The standard InChI is InChI=1S/C25H39N3O2/c1-17-18(2)22(30-13-7-6-12-27(4)5)9-8-21(17)19(3)28-23-10-11-25(23)15-20(26-16-29)14-24(25)28/h8-9,16,19-20,23-24H,6-7,10-15H2,1-5H3,(H,26,29). The number of hydrogen-bond acceptors (Lipinski definition) is 4. The molecule has 3 aliphatic rings. The van der Waals surface area contributed by atoms with Gasteiger partial charge in [-0.1, -0.05) is 6.07 Å². The van der Waals surface area contributed by atoms with Gasteiger partial charge in [0.25, 0.3) is 0 Å². The Morgan fingerprint density at radius 2 is 2.07 bits per heavy atom. The van der Waals surface area contributed by atoms with Crippen LogP contribution in [-0.2, 0) is 4.79 Å². The zero-order valence-corrected chi connectivity index (χ0v) is 19.4. The van der Waals surface area contributed by atoms with E-state index in [1.54, 1.807) is 0 Å². The molecule has 166 valence electrons. The minimum Gasteiger partial charge on any atom is -0.493 e. The number of piperidine rings is 1. The van der Waals surface area contributed by atoms with Gasteiger partial charge in [0, 0.05) is 29.6 Å². The van der Waals surface area contributed by atoms with E-state index < -0.39 is 0 Å². The van der Waals surface area contributed by atoms with Gasteiger partial charge in [-0.2, -0.15) is 0 Å². The molecular formula is C25H39N3O2. The molecule has 0 bridgehead atoms. The van der Waals surface area contributed by atoms with Crippen molar-refractivity contribution in [2.75, 3.05) is 27.2 Å². The molecule has 5 heteroatoms. The lowest BCUT2D eigenvalue weighted by atomic mass is 9.52. The van der Waals surface area contributed by atoms with Gasteiger partial charge in [0.15, 0.2) is 0 Å². The van der Waals surface area contributed by atoms with E-state index in [4.69, 9.17) is 4.74 Å². The summed E-state index contributed by atoms with van der Waals surface area (Å²) in [7, 11) is 4.23. The normalized spacial score (nSPS) is 30.8. The van der Waals surface area contributed by atoms with Crippen LogP contribution in [0.2, 0.25) is 0 Å². The third kappa shape index (κ3) is 3.54. The summed E-state index contributed by atoms with van der Waals surface area (Å²) in [6.45, 7) is 8.71. The van der Waals surface area contributed by atoms with Crippen LogP contribution < -0.4 is 10.1 Å². The Labute approximate surface area is 182 Å². The lowest BCUT2D eigenvalue weighted by Gasteiger charge is -2.70. The van der Waals surface area contributed by atoms with Gasteiger partial charge in [-0.3, -0.25) is 9.69 Å². The van der Waals surface area contributed by atoms with Crippen molar-refractivity contribution in [2.45, 2.75) is 83.5 Å². The number of ether oxygens (including phenoxy) is 1. The van der Waals surface area contributed by atoms with Gasteiger partial charge < -0.3 is 15.0 Å². The van der Waals surface area contributed by atoms with Crippen LogP contribution in [0.3, 0.4) is 0 Å². The van der Waals surface area contributed by atoms with E-state index in [0.717, 1.165) is 38.2 Å². The first kappa shape index (κ1) is 21.6. The van der Waals surface area contributed by atoms with E-state index in [9.17, 15) is 4.79 Å². The Kier molecular flexibility index (Phi) is 6.13. The Morgan fingerprint density at radius 1 is 1.27 bits per heavy atom. The zero-order chi connectivity index (χ0) is 21.5. The number of hydrogen-bond donors (Lipinski definition) is 1. The summed E-state index contributed by atoms with van der Waals surface area (Å²) < 4.78 is 6.12. The Balaban J connectivity index is 1.41. The molecule has 5 unspecified atom stereocenters. The first-order valence-corrected chi connectivity index (χ1v) is 11.7. The first-order valence-electron chi connectivity index (χ1n) is 11.7. The SMILES string of the molecule is Cc1c(OCCCCN(C)C)ccc(C(C)N2C3CCC34CC(NC=O)CC24)c1C. The number of likely N-dealkylation sites (tertiary alicyclic amines) is 1. The lowest BCUT2D eigenvalue weighted by Crippen LogP contribution is -2.74. The van der Waals surface area contributed by atoms with E-state index in [1.165, 1.54) is 42.4 Å². The largest absolute Gasteiger partial charge is 0.493 e. The summed E-state index contributed by atoms with van der Waals surface area (Å²) in [5.74, 6) is 1.03. The molecule has 1 amide bonds. The van der Waals surface area contributed by atoms with Gasteiger partial charge in [-0.25, -0.2) is 0 Å². The monoisotopic (exact) mass is 413 g/mol. The Bertz CT molecular complexity index is 780. The molecule has 0 radical (unpaired) electrons. The van der Waals surface area contributed by atoms with Crippen LogP contribution in [0.1, 0.15) is 68.2 Å². The zero-order valence-electron chi connectivity index (χ0n) is 19.4. The van der Waals surface area contributed by atoms with Crippen LogP contribution in [0.4, 0.5) is 0 Å². The second kappa shape index (κ2) is 8.51. The van der Waals surface area contributed by atoms with Gasteiger partial charge in [0.1, 0.15) is 5.75 Å². The molecule has 30 heavy (non-hydrogen) atoms. The van der Waals surface area contributed by atoms with Crippen molar-refractivity contribution < 1.29 is 9.53 Å². The van der Waals surface area contributed by atoms with Crippen molar-refractivity contribution in [1.82, 2.24) is 15.1 Å². The summed E-state index contributed by atoms with van der Waals surface area (Å²) in [6, 6.07) is 6.56. The predicted octanol–water partition coefficient (Wildman–Crippen LogP) is 3.83. The first-order chi connectivity index (χ1) is 14.4. The maximum Gasteiger partial charge on any atom is 0.207 e. The Hall–Kier alpha value is -1.59. The van der Waals surface area contributed by atoms with E-state index in [2.05, 4.69) is 62.1 Å². The molecule has 4 rings (SSSR count). The third-order valence-corrected chi connectivity index (χ3v) is 8.30. The minimum absolute atomic E-state index is 0.360. The van der Waals surface area contributed by atoms with Crippen LogP contribution >= 0.6 is 0 Å². The molecule has 1 N–H and O–H groups in total. The number of unbranched alkanes of at least 4 members (excludes halogenated alkanes) is 1. The molecule has 1 saturated heterocycles. The summed E-state index contributed by atoms with van der Waals surface area (Å²) in [6.07, 6.45) is 8.06. The van der Waals surface area contributed by atoms with E-state index in [0.29, 0.717) is 29.6 Å². The van der Waals surface area contributed by atoms with Gasteiger partial charge in [-0.05, 0) is 103 Å². The summed E-state index contributed by atoms with van der Waals surface area (Å²) in [4.78, 5) is 15.9. The molecule has 1 heterocycles. The predicted molar refractivity (Wildman–Crippen MR) is 121 cm³/mol. The number of amides is 1.